The van der Waals surface area contributed by atoms with Gasteiger partial charge in [-0.1, -0.05) is 12.1 Å². The third kappa shape index (κ3) is 2.60. The highest BCUT2D eigenvalue weighted by molar-refractivity contribution is 7.93. The highest BCUT2D eigenvalue weighted by Crippen LogP contribution is 2.49. The number of aromatic hydroxyl groups is 2. The molecule has 0 radical (unpaired) electrons. The molecule has 0 fully saturated rings. The van der Waals surface area contributed by atoms with Crippen LogP contribution in [0.1, 0.15) is 18.5 Å². The van der Waals surface area contributed by atoms with E-state index in [0.717, 1.165) is 22.5 Å². The van der Waals surface area contributed by atoms with E-state index >= 15 is 0 Å². The summed E-state index contributed by atoms with van der Waals surface area (Å²) < 4.78 is 55.6. The Bertz CT molecular complexity index is 1190. The van der Waals surface area contributed by atoms with Gasteiger partial charge in [-0.2, -0.15) is 0 Å². The number of rotatable bonds is 2. The van der Waals surface area contributed by atoms with Gasteiger partial charge in [0.15, 0.2) is 4.90 Å². The largest absolute Gasteiger partial charge is 0.506 e. The highest BCUT2D eigenvalue weighted by Gasteiger charge is 2.39. The Hall–Kier alpha value is -3.13. The fraction of sp³-hybridized carbons (Fsp3) is 0.100. The molecular weight excluding hydrogens is 388 g/mol. The number of fused-ring (bicyclic) bond motifs is 3. The molecule has 0 aliphatic carbocycles. The molecule has 0 spiro atoms. The summed E-state index contributed by atoms with van der Waals surface area (Å²) in [5.41, 5.74) is 1.40. The fourth-order valence-electron chi connectivity index (χ4n) is 3.59. The Kier molecular flexibility index (Phi) is 4.04. The molecule has 0 unspecified atom stereocenters. The molecule has 0 amide bonds. The van der Waals surface area contributed by atoms with Crippen LogP contribution in [0, 0.1) is 11.6 Å². The smallest absolute Gasteiger partial charge is 0.272 e. The van der Waals surface area contributed by atoms with Gasteiger partial charge in [0.05, 0.1) is 11.7 Å². The number of benzene rings is 3. The van der Waals surface area contributed by atoms with E-state index in [4.69, 9.17) is 0 Å². The molecular formula is C20H15F2NO4S. The molecule has 5 nitrogen and oxygen atoms in total. The maximum Gasteiger partial charge on any atom is 0.272 e. The minimum atomic E-state index is -4.51. The molecule has 3 aromatic carbocycles. The summed E-state index contributed by atoms with van der Waals surface area (Å²) in [5.74, 6) is -2.48. The van der Waals surface area contributed by atoms with Crippen molar-refractivity contribution in [2.45, 2.75) is 17.9 Å². The molecule has 8 heteroatoms. The summed E-state index contributed by atoms with van der Waals surface area (Å²) >= 11 is 0. The molecule has 0 saturated heterocycles. The molecule has 1 aliphatic rings. The van der Waals surface area contributed by atoms with Crippen molar-refractivity contribution in [3.63, 3.8) is 0 Å². The van der Waals surface area contributed by atoms with Crippen LogP contribution in [0.5, 0.6) is 11.5 Å². The van der Waals surface area contributed by atoms with E-state index in [1.165, 1.54) is 43.3 Å². The molecule has 1 aliphatic heterocycles. The number of phenols is 2. The first-order chi connectivity index (χ1) is 13.2. The van der Waals surface area contributed by atoms with Crippen LogP contribution in [-0.4, -0.2) is 18.6 Å². The van der Waals surface area contributed by atoms with Crippen molar-refractivity contribution in [3.05, 3.63) is 71.8 Å². The minimum Gasteiger partial charge on any atom is -0.506 e. The molecule has 0 saturated carbocycles. The van der Waals surface area contributed by atoms with Gasteiger partial charge in [0.1, 0.15) is 23.1 Å². The molecule has 28 heavy (non-hydrogen) atoms. The number of sulfonamides is 1. The van der Waals surface area contributed by atoms with Crippen LogP contribution in [0.15, 0.2) is 59.5 Å². The zero-order chi connectivity index (χ0) is 20.2. The number of anilines is 1. The van der Waals surface area contributed by atoms with E-state index in [1.54, 1.807) is 0 Å². The summed E-state index contributed by atoms with van der Waals surface area (Å²) in [7, 11) is -4.51. The van der Waals surface area contributed by atoms with Crippen molar-refractivity contribution in [1.82, 2.24) is 0 Å². The maximum absolute atomic E-state index is 14.0. The third-order valence-electron chi connectivity index (χ3n) is 4.79. The van der Waals surface area contributed by atoms with E-state index in [-0.39, 0.29) is 5.69 Å². The second kappa shape index (κ2) is 6.20. The third-order valence-corrected chi connectivity index (χ3v) is 6.76. The van der Waals surface area contributed by atoms with Crippen LogP contribution in [0.25, 0.3) is 11.1 Å². The number of nitrogens with zero attached hydrogens (tertiary/aromatic N) is 1. The Morgan fingerprint density at radius 1 is 0.893 bits per heavy atom. The monoisotopic (exact) mass is 403 g/mol. The lowest BCUT2D eigenvalue weighted by Crippen LogP contribution is -2.36. The van der Waals surface area contributed by atoms with E-state index in [1.807, 2.05) is 0 Å². The summed E-state index contributed by atoms with van der Waals surface area (Å²) in [4.78, 5) is -0.697. The van der Waals surface area contributed by atoms with Crippen LogP contribution in [0.4, 0.5) is 14.5 Å². The Morgan fingerprint density at radius 3 is 2.11 bits per heavy atom. The topological polar surface area (TPSA) is 77.8 Å². The minimum absolute atomic E-state index is 0.0364. The van der Waals surface area contributed by atoms with Crippen LogP contribution in [0.2, 0.25) is 0 Å². The number of hydrogen-bond acceptors (Lipinski definition) is 4. The van der Waals surface area contributed by atoms with E-state index in [9.17, 15) is 27.4 Å². The summed E-state index contributed by atoms with van der Waals surface area (Å²) in [6.07, 6.45) is 0. The van der Waals surface area contributed by atoms with Crippen LogP contribution < -0.4 is 4.31 Å². The van der Waals surface area contributed by atoms with Crippen molar-refractivity contribution in [3.8, 4) is 22.6 Å². The summed E-state index contributed by atoms with van der Waals surface area (Å²) in [5, 5.41) is 20.2. The SMILES string of the molecule is C[C@@H]1c2cc(F)ccc2-c2ccc(F)cc2N1S(=O)(=O)c1c(O)cccc1O. The van der Waals surface area contributed by atoms with Gasteiger partial charge in [0.25, 0.3) is 10.0 Å². The van der Waals surface area contributed by atoms with Crippen molar-refractivity contribution in [2.75, 3.05) is 4.31 Å². The predicted molar refractivity (Wildman–Crippen MR) is 99.6 cm³/mol. The molecule has 2 N–H and O–H groups in total. The average Bonchev–Trinajstić information content (AvgIpc) is 2.61. The van der Waals surface area contributed by atoms with Gasteiger partial charge in [0, 0.05) is 5.56 Å². The van der Waals surface area contributed by atoms with Gasteiger partial charge in [0.2, 0.25) is 0 Å². The number of halogens is 2. The van der Waals surface area contributed by atoms with Gasteiger partial charge in [-0.3, -0.25) is 4.31 Å². The Balaban J connectivity index is 2.04. The fourth-order valence-corrected chi connectivity index (χ4v) is 5.39. The molecule has 144 valence electrons. The molecule has 0 bridgehead atoms. The lowest BCUT2D eigenvalue weighted by molar-refractivity contribution is 0.422. The second-order valence-corrected chi connectivity index (χ2v) is 8.25. The first-order valence-corrected chi connectivity index (χ1v) is 9.80. The van der Waals surface area contributed by atoms with Crippen LogP contribution in [-0.2, 0) is 10.0 Å². The highest BCUT2D eigenvalue weighted by atomic mass is 32.2. The number of hydrogen-bond donors (Lipinski definition) is 2. The van der Waals surface area contributed by atoms with Gasteiger partial charge in [-0.05, 0) is 60.5 Å². The lowest BCUT2D eigenvalue weighted by atomic mass is 9.90. The molecule has 1 heterocycles. The first-order valence-electron chi connectivity index (χ1n) is 8.36. The summed E-state index contributed by atoms with van der Waals surface area (Å²) in [6.45, 7) is 1.53. The normalized spacial score (nSPS) is 15.8. The first kappa shape index (κ1) is 18.2. The second-order valence-electron chi connectivity index (χ2n) is 6.50. The van der Waals surface area contributed by atoms with Gasteiger partial charge < -0.3 is 10.2 Å². The van der Waals surface area contributed by atoms with Gasteiger partial charge >= 0.3 is 0 Å². The molecule has 4 rings (SSSR count). The zero-order valence-electron chi connectivity index (χ0n) is 14.6. The van der Waals surface area contributed by atoms with Crippen molar-refractivity contribution >= 4 is 15.7 Å². The molecule has 0 aromatic heterocycles. The van der Waals surface area contributed by atoms with Crippen molar-refractivity contribution < 1.29 is 27.4 Å². The zero-order valence-corrected chi connectivity index (χ0v) is 15.4. The Labute approximate surface area is 160 Å². The lowest BCUT2D eigenvalue weighted by Gasteiger charge is -2.37. The predicted octanol–water partition coefficient (Wildman–Crippen LogP) is 4.31. The summed E-state index contributed by atoms with van der Waals surface area (Å²) in [6, 6.07) is 10.3. The standard InChI is InChI=1S/C20H15F2NO4S/c1-11-16-9-12(21)5-7-14(16)15-8-6-13(22)10-17(15)23(11)28(26,27)20-18(24)3-2-4-19(20)25/h2-11,24-25H,1H3/t11-/m1/s1. The molecule has 1 atom stereocenters. The number of phenolic OH excluding ortho intramolecular Hbond substituents is 2. The van der Waals surface area contributed by atoms with Crippen molar-refractivity contribution in [2.24, 2.45) is 0 Å². The van der Waals surface area contributed by atoms with Crippen molar-refractivity contribution in [1.29, 1.82) is 0 Å². The quantitative estimate of drug-likeness (QED) is 0.668. The molecule has 3 aromatic rings. The average molecular weight is 403 g/mol. The van der Waals surface area contributed by atoms with Gasteiger partial charge in [-0.25, -0.2) is 17.2 Å². The maximum atomic E-state index is 14.0. The van der Waals surface area contributed by atoms with E-state index in [0.29, 0.717) is 16.7 Å². The van der Waals surface area contributed by atoms with Crippen LogP contribution in [0.3, 0.4) is 0 Å². The van der Waals surface area contributed by atoms with E-state index in [2.05, 4.69) is 0 Å². The van der Waals surface area contributed by atoms with Gasteiger partial charge in [-0.15, -0.1) is 0 Å². The van der Waals surface area contributed by atoms with Crippen LogP contribution >= 0.6 is 0 Å². The Morgan fingerprint density at radius 2 is 1.46 bits per heavy atom. The van der Waals surface area contributed by atoms with E-state index < -0.39 is 44.1 Å².